The summed E-state index contributed by atoms with van der Waals surface area (Å²) in [6, 6.07) is 0.666. The van der Waals surface area contributed by atoms with Gasteiger partial charge < -0.3 is 15.7 Å². The SMILES string of the molecule is CC1CC(C(=O)NC2CC(O)C2)CCN1. The van der Waals surface area contributed by atoms with E-state index in [9.17, 15) is 4.79 Å². The van der Waals surface area contributed by atoms with Gasteiger partial charge in [-0.3, -0.25) is 4.79 Å². The van der Waals surface area contributed by atoms with Gasteiger partial charge in [-0.05, 0) is 39.2 Å². The third kappa shape index (κ3) is 2.69. The van der Waals surface area contributed by atoms with Gasteiger partial charge in [0.25, 0.3) is 0 Å². The zero-order valence-corrected chi connectivity index (χ0v) is 9.20. The number of carbonyl (C=O) groups excluding carboxylic acids is 1. The van der Waals surface area contributed by atoms with Crippen molar-refractivity contribution in [2.45, 2.75) is 50.8 Å². The molecule has 1 saturated heterocycles. The summed E-state index contributed by atoms with van der Waals surface area (Å²) in [5.74, 6) is 0.347. The Kier molecular flexibility index (Phi) is 3.26. The molecular weight excluding hydrogens is 192 g/mol. The lowest BCUT2D eigenvalue weighted by Gasteiger charge is -2.34. The molecule has 15 heavy (non-hydrogen) atoms. The van der Waals surface area contributed by atoms with Crippen molar-refractivity contribution in [1.29, 1.82) is 0 Å². The number of carbonyl (C=O) groups is 1. The Morgan fingerprint density at radius 3 is 2.73 bits per heavy atom. The number of rotatable bonds is 2. The minimum Gasteiger partial charge on any atom is -0.393 e. The number of aliphatic hydroxyl groups is 1. The van der Waals surface area contributed by atoms with Crippen molar-refractivity contribution < 1.29 is 9.90 Å². The Labute approximate surface area is 90.4 Å². The number of nitrogens with one attached hydrogen (secondary N) is 2. The second-order valence-electron chi connectivity index (χ2n) is 4.91. The molecule has 2 fully saturated rings. The van der Waals surface area contributed by atoms with Crippen LogP contribution in [0.25, 0.3) is 0 Å². The molecule has 0 aromatic rings. The molecule has 0 aromatic heterocycles. The van der Waals surface area contributed by atoms with Crippen molar-refractivity contribution in [2.24, 2.45) is 5.92 Å². The molecule has 2 aliphatic rings. The molecule has 0 radical (unpaired) electrons. The first kappa shape index (κ1) is 10.9. The maximum atomic E-state index is 11.8. The standard InChI is InChI=1S/C11H20N2O2/c1-7-4-8(2-3-12-7)11(15)13-9-5-10(14)6-9/h7-10,12,14H,2-6H2,1H3,(H,13,15). The van der Waals surface area contributed by atoms with Crippen LogP contribution in [-0.2, 0) is 4.79 Å². The van der Waals surface area contributed by atoms with Crippen LogP contribution in [0.2, 0.25) is 0 Å². The van der Waals surface area contributed by atoms with Crippen molar-refractivity contribution in [3.05, 3.63) is 0 Å². The highest BCUT2D eigenvalue weighted by molar-refractivity contribution is 5.79. The fourth-order valence-electron chi connectivity index (χ4n) is 2.39. The molecule has 4 nitrogen and oxygen atoms in total. The molecule has 1 aliphatic heterocycles. The maximum Gasteiger partial charge on any atom is 0.223 e. The number of piperidine rings is 1. The van der Waals surface area contributed by atoms with E-state index in [0.717, 1.165) is 32.2 Å². The molecule has 2 atom stereocenters. The van der Waals surface area contributed by atoms with E-state index in [2.05, 4.69) is 17.6 Å². The number of hydrogen-bond donors (Lipinski definition) is 3. The largest absolute Gasteiger partial charge is 0.393 e. The average molecular weight is 212 g/mol. The summed E-state index contributed by atoms with van der Waals surface area (Å²) < 4.78 is 0. The van der Waals surface area contributed by atoms with Crippen LogP contribution >= 0.6 is 0 Å². The summed E-state index contributed by atoms with van der Waals surface area (Å²) in [6.07, 6.45) is 3.13. The quantitative estimate of drug-likeness (QED) is 0.604. The van der Waals surface area contributed by atoms with Crippen molar-refractivity contribution >= 4 is 5.91 Å². The van der Waals surface area contributed by atoms with Crippen LogP contribution < -0.4 is 10.6 Å². The van der Waals surface area contributed by atoms with Crippen molar-refractivity contribution in [1.82, 2.24) is 10.6 Å². The van der Waals surface area contributed by atoms with E-state index in [1.165, 1.54) is 0 Å². The fourth-order valence-corrected chi connectivity index (χ4v) is 2.39. The van der Waals surface area contributed by atoms with Crippen molar-refractivity contribution in [2.75, 3.05) is 6.54 Å². The van der Waals surface area contributed by atoms with E-state index in [1.54, 1.807) is 0 Å². The van der Waals surface area contributed by atoms with E-state index in [-0.39, 0.29) is 24.0 Å². The summed E-state index contributed by atoms with van der Waals surface area (Å²) >= 11 is 0. The van der Waals surface area contributed by atoms with Gasteiger partial charge in [-0.15, -0.1) is 0 Å². The Hall–Kier alpha value is -0.610. The van der Waals surface area contributed by atoms with E-state index >= 15 is 0 Å². The molecule has 1 amide bonds. The minimum absolute atomic E-state index is 0.166. The molecule has 86 valence electrons. The highest BCUT2D eigenvalue weighted by Gasteiger charge is 2.31. The molecule has 2 unspecified atom stereocenters. The van der Waals surface area contributed by atoms with Crippen molar-refractivity contribution in [3.8, 4) is 0 Å². The van der Waals surface area contributed by atoms with Gasteiger partial charge in [0.05, 0.1) is 6.10 Å². The second kappa shape index (κ2) is 4.49. The van der Waals surface area contributed by atoms with Crippen LogP contribution in [0.3, 0.4) is 0 Å². The molecule has 0 bridgehead atoms. The second-order valence-corrected chi connectivity index (χ2v) is 4.91. The summed E-state index contributed by atoms with van der Waals surface area (Å²) in [5, 5.41) is 15.5. The molecule has 1 aliphatic carbocycles. The van der Waals surface area contributed by atoms with Gasteiger partial charge in [0.2, 0.25) is 5.91 Å². The molecular formula is C11H20N2O2. The van der Waals surface area contributed by atoms with E-state index < -0.39 is 0 Å². The molecule has 4 heteroatoms. The predicted octanol–water partition coefficient (Wildman–Crippen LogP) is 0.0140. The van der Waals surface area contributed by atoms with Crippen LogP contribution in [0.4, 0.5) is 0 Å². The topological polar surface area (TPSA) is 61.4 Å². The first-order chi connectivity index (χ1) is 7.15. The summed E-state index contributed by atoms with van der Waals surface area (Å²) in [6.45, 7) is 3.05. The maximum absolute atomic E-state index is 11.8. The summed E-state index contributed by atoms with van der Waals surface area (Å²) in [5.41, 5.74) is 0. The van der Waals surface area contributed by atoms with Gasteiger partial charge in [0, 0.05) is 18.0 Å². The summed E-state index contributed by atoms with van der Waals surface area (Å²) in [4.78, 5) is 11.8. The number of hydrogen-bond acceptors (Lipinski definition) is 3. The lowest BCUT2D eigenvalue weighted by molar-refractivity contribution is -0.128. The molecule has 1 heterocycles. The van der Waals surface area contributed by atoms with E-state index in [4.69, 9.17) is 5.11 Å². The van der Waals surface area contributed by atoms with Gasteiger partial charge in [-0.2, -0.15) is 0 Å². The Bertz CT molecular complexity index is 239. The third-order valence-corrected chi connectivity index (χ3v) is 3.45. The highest BCUT2D eigenvalue weighted by Crippen LogP contribution is 2.22. The fraction of sp³-hybridized carbons (Fsp3) is 0.909. The van der Waals surface area contributed by atoms with Crippen LogP contribution in [0.1, 0.15) is 32.6 Å². The molecule has 0 aromatic carbocycles. The van der Waals surface area contributed by atoms with Gasteiger partial charge in [-0.1, -0.05) is 0 Å². The Morgan fingerprint density at radius 2 is 2.13 bits per heavy atom. The minimum atomic E-state index is -0.192. The van der Waals surface area contributed by atoms with Crippen molar-refractivity contribution in [3.63, 3.8) is 0 Å². The first-order valence-corrected chi connectivity index (χ1v) is 5.87. The Balaban J connectivity index is 1.75. The van der Waals surface area contributed by atoms with Crippen LogP contribution in [0, 0.1) is 5.92 Å². The monoisotopic (exact) mass is 212 g/mol. The zero-order chi connectivity index (χ0) is 10.8. The third-order valence-electron chi connectivity index (χ3n) is 3.45. The molecule has 0 spiro atoms. The summed E-state index contributed by atoms with van der Waals surface area (Å²) in [7, 11) is 0. The molecule has 3 N–H and O–H groups in total. The van der Waals surface area contributed by atoms with Gasteiger partial charge in [0.15, 0.2) is 0 Å². The highest BCUT2D eigenvalue weighted by atomic mass is 16.3. The zero-order valence-electron chi connectivity index (χ0n) is 9.20. The number of amides is 1. The predicted molar refractivity (Wildman–Crippen MR) is 57.4 cm³/mol. The normalized spacial score (nSPS) is 40.7. The van der Waals surface area contributed by atoms with E-state index in [0.29, 0.717) is 6.04 Å². The molecule has 1 saturated carbocycles. The smallest absolute Gasteiger partial charge is 0.223 e. The van der Waals surface area contributed by atoms with Gasteiger partial charge >= 0.3 is 0 Å². The van der Waals surface area contributed by atoms with Gasteiger partial charge in [-0.25, -0.2) is 0 Å². The lowest BCUT2D eigenvalue weighted by atomic mass is 9.87. The molecule has 2 rings (SSSR count). The van der Waals surface area contributed by atoms with E-state index in [1.807, 2.05) is 0 Å². The van der Waals surface area contributed by atoms with Crippen LogP contribution in [0.5, 0.6) is 0 Å². The van der Waals surface area contributed by atoms with Crippen LogP contribution in [-0.4, -0.2) is 35.7 Å². The van der Waals surface area contributed by atoms with Gasteiger partial charge in [0.1, 0.15) is 0 Å². The average Bonchev–Trinajstić information content (AvgIpc) is 2.15. The van der Waals surface area contributed by atoms with Crippen LogP contribution in [0.15, 0.2) is 0 Å². The Morgan fingerprint density at radius 1 is 1.40 bits per heavy atom. The lowest BCUT2D eigenvalue weighted by Crippen LogP contribution is -2.50. The number of aliphatic hydroxyl groups excluding tert-OH is 1. The first-order valence-electron chi connectivity index (χ1n) is 5.87.